The number of carbonyl (C=O) groups excluding carboxylic acids is 3. The molecule has 4 fully saturated rings. The Bertz CT molecular complexity index is 535. The number of carbonyl (C=O) groups is 3. The van der Waals surface area contributed by atoms with Crippen LogP contribution in [0.25, 0.3) is 0 Å². The normalized spacial score (nSPS) is 32.3. The Balaban J connectivity index is 1.28. The van der Waals surface area contributed by atoms with E-state index in [-0.39, 0.29) is 41.4 Å². The molecule has 22 heavy (non-hydrogen) atoms. The standard InChI is InChI=1S/C15H22N4O3/c1-9(20)18-7-15(8-18)4-11(5-15)16-13(21)12-3-2-10-6-19(12)14(22)17-10/h10-12H,2-8H2,1H3,(H,16,21)(H,17,22)/t10-,12+/m1/s1. The van der Waals surface area contributed by atoms with Crippen LogP contribution in [0.4, 0.5) is 4.79 Å². The predicted octanol–water partition coefficient (Wildman–Crippen LogP) is -0.330. The molecule has 2 atom stereocenters. The lowest BCUT2D eigenvalue weighted by Crippen LogP contribution is -2.68. The first-order chi connectivity index (χ1) is 10.5. The van der Waals surface area contributed by atoms with Gasteiger partial charge in [0.2, 0.25) is 11.8 Å². The van der Waals surface area contributed by atoms with Crippen molar-refractivity contribution >= 4 is 17.8 Å². The highest BCUT2D eigenvalue weighted by Gasteiger charge is 2.54. The molecule has 3 heterocycles. The molecule has 7 nitrogen and oxygen atoms in total. The summed E-state index contributed by atoms with van der Waals surface area (Å²) in [6, 6.07) is -0.00436. The molecule has 0 aromatic carbocycles. The van der Waals surface area contributed by atoms with Crippen molar-refractivity contribution in [3.63, 3.8) is 0 Å². The van der Waals surface area contributed by atoms with Crippen LogP contribution in [0.3, 0.4) is 0 Å². The van der Waals surface area contributed by atoms with Gasteiger partial charge >= 0.3 is 6.03 Å². The first-order valence-electron chi connectivity index (χ1n) is 8.09. The number of hydrogen-bond donors (Lipinski definition) is 2. The Labute approximate surface area is 129 Å². The summed E-state index contributed by atoms with van der Waals surface area (Å²) in [4.78, 5) is 39.0. The van der Waals surface area contributed by atoms with Crippen LogP contribution in [0.1, 0.15) is 32.6 Å². The maximum absolute atomic E-state index is 12.4. The number of hydrogen-bond acceptors (Lipinski definition) is 3. The van der Waals surface area contributed by atoms with Crippen LogP contribution in [-0.4, -0.2) is 65.4 Å². The summed E-state index contributed by atoms with van der Waals surface area (Å²) in [5.41, 5.74) is 0.242. The molecule has 3 aliphatic heterocycles. The van der Waals surface area contributed by atoms with E-state index in [0.29, 0.717) is 6.54 Å². The largest absolute Gasteiger partial charge is 0.352 e. The van der Waals surface area contributed by atoms with Gasteiger partial charge in [-0.3, -0.25) is 9.59 Å². The smallest absolute Gasteiger partial charge is 0.318 e. The van der Waals surface area contributed by atoms with Crippen molar-refractivity contribution < 1.29 is 14.4 Å². The van der Waals surface area contributed by atoms with Gasteiger partial charge in [-0.05, 0) is 25.7 Å². The van der Waals surface area contributed by atoms with E-state index in [1.807, 2.05) is 4.90 Å². The number of rotatable bonds is 2. The van der Waals surface area contributed by atoms with Gasteiger partial charge in [-0.1, -0.05) is 0 Å². The third kappa shape index (κ3) is 2.06. The van der Waals surface area contributed by atoms with Crippen molar-refractivity contribution in [2.24, 2.45) is 5.41 Å². The van der Waals surface area contributed by atoms with E-state index in [4.69, 9.17) is 0 Å². The molecule has 0 aromatic heterocycles. The number of amides is 4. The fourth-order valence-electron chi connectivity index (χ4n) is 4.47. The molecule has 1 spiro atoms. The van der Waals surface area contributed by atoms with Gasteiger partial charge in [-0.25, -0.2) is 4.79 Å². The quantitative estimate of drug-likeness (QED) is 0.733. The van der Waals surface area contributed by atoms with E-state index in [0.717, 1.165) is 38.8 Å². The molecule has 2 bridgehead atoms. The van der Waals surface area contributed by atoms with Gasteiger partial charge in [0.1, 0.15) is 6.04 Å². The average Bonchev–Trinajstić information content (AvgIpc) is 2.65. The number of likely N-dealkylation sites (tertiary alicyclic amines) is 1. The number of urea groups is 1. The SMILES string of the molecule is CC(=O)N1CC2(CC(NC(=O)[C@@H]3CC[C@@H]4CN3C(=O)N4)C2)C1. The minimum absolute atomic E-state index is 0.0157. The maximum Gasteiger partial charge on any atom is 0.318 e. The summed E-state index contributed by atoms with van der Waals surface area (Å²) in [6.07, 6.45) is 3.52. The van der Waals surface area contributed by atoms with Crippen LogP contribution in [0.15, 0.2) is 0 Å². The van der Waals surface area contributed by atoms with Gasteiger partial charge in [0, 0.05) is 44.1 Å². The molecule has 0 unspecified atom stereocenters. The molecule has 4 amide bonds. The Hall–Kier alpha value is -1.79. The summed E-state index contributed by atoms with van der Waals surface area (Å²) in [7, 11) is 0. The predicted molar refractivity (Wildman–Crippen MR) is 77.9 cm³/mol. The molecule has 4 rings (SSSR count). The van der Waals surface area contributed by atoms with Gasteiger partial charge in [-0.2, -0.15) is 0 Å². The van der Waals surface area contributed by atoms with E-state index in [9.17, 15) is 14.4 Å². The van der Waals surface area contributed by atoms with E-state index in [1.54, 1.807) is 11.8 Å². The lowest BCUT2D eigenvalue weighted by Gasteiger charge is -2.59. The van der Waals surface area contributed by atoms with Crippen molar-refractivity contribution in [2.45, 2.75) is 50.7 Å². The molecule has 120 valence electrons. The topological polar surface area (TPSA) is 81.8 Å². The van der Waals surface area contributed by atoms with Crippen molar-refractivity contribution in [2.75, 3.05) is 19.6 Å². The third-order valence-electron chi connectivity index (χ3n) is 5.68. The van der Waals surface area contributed by atoms with Crippen molar-refractivity contribution in [1.29, 1.82) is 0 Å². The third-order valence-corrected chi connectivity index (χ3v) is 5.68. The van der Waals surface area contributed by atoms with E-state index >= 15 is 0 Å². The van der Waals surface area contributed by atoms with Gasteiger partial charge in [0.25, 0.3) is 0 Å². The van der Waals surface area contributed by atoms with Crippen LogP contribution in [-0.2, 0) is 9.59 Å². The number of nitrogens with zero attached hydrogens (tertiary/aromatic N) is 2. The van der Waals surface area contributed by atoms with Gasteiger partial charge in [-0.15, -0.1) is 0 Å². The molecule has 2 N–H and O–H groups in total. The summed E-state index contributed by atoms with van der Waals surface area (Å²) in [5.74, 6) is 0.119. The summed E-state index contributed by atoms with van der Waals surface area (Å²) >= 11 is 0. The van der Waals surface area contributed by atoms with Crippen molar-refractivity contribution in [3.05, 3.63) is 0 Å². The molecule has 1 saturated carbocycles. The van der Waals surface area contributed by atoms with Crippen LogP contribution >= 0.6 is 0 Å². The molecule has 1 aliphatic carbocycles. The zero-order valence-corrected chi connectivity index (χ0v) is 12.8. The summed E-state index contributed by atoms with van der Waals surface area (Å²) in [6.45, 7) is 3.91. The minimum Gasteiger partial charge on any atom is -0.352 e. The fourth-order valence-corrected chi connectivity index (χ4v) is 4.47. The Kier molecular flexibility index (Phi) is 2.90. The van der Waals surface area contributed by atoms with E-state index in [2.05, 4.69) is 10.6 Å². The molecule has 4 aliphatic rings. The van der Waals surface area contributed by atoms with Gasteiger partial charge in [0.05, 0.1) is 0 Å². The molecule has 7 heteroatoms. The van der Waals surface area contributed by atoms with Crippen LogP contribution < -0.4 is 10.6 Å². The van der Waals surface area contributed by atoms with E-state index < -0.39 is 0 Å². The molecule has 0 radical (unpaired) electrons. The fraction of sp³-hybridized carbons (Fsp3) is 0.800. The minimum atomic E-state index is -0.314. The molecule has 0 aromatic rings. The first-order valence-corrected chi connectivity index (χ1v) is 8.09. The number of nitrogens with one attached hydrogen (secondary N) is 2. The van der Waals surface area contributed by atoms with Crippen molar-refractivity contribution in [1.82, 2.24) is 20.4 Å². The lowest BCUT2D eigenvalue weighted by molar-refractivity contribution is -0.151. The second-order valence-electron chi connectivity index (χ2n) is 7.38. The number of piperidine rings is 1. The molecular weight excluding hydrogens is 284 g/mol. The Morgan fingerprint density at radius 1 is 1.27 bits per heavy atom. The summed E-state index contributed by atoms with van der Waals surface area (Å²) in [5, 5.41) is 5.99. The Morgan fingerprint density at radius 2 is 2.00 bits per heavy atom. The number of fused-ring (bicyclic) bond motifs is 2. The van der Waals surface area contributed by atoms with E-state index in [1.165, 1.54) is 0 Å². The monoisotopic (exact) mass is 306 g/mol. The second kappa shape index (κ2) is 4.60. The van der Waals surface area contributed by atoms with Crippen LogP contribution in [0, 0.1) is 5.41 Å². The second-order valence-corrected chi connectivity index (χ2v) is 7.38. The van der Waals surface area contributed by atoms with Gasteiger partial charge < -0.3 is 20.4 Å². The molecular formula is C15H22N4O3. The highest BCUT2D eigenvalue weighted by molar-refractivity contribution is 5.89. The highest BCUT2D eigenvalue weighted by Crippen LogP contribution is 2.48. The zero-order chi connectivity index (χ0) is 15.5. The highest BCUT2D eigenvalue weighted by atomic mass is 16.2. The first kappa shape index (κ1) is 13.8. The van der Waals surface area contributed by atoms with Crippen molar-refractivity contribution in [3.8, 4) is 0 Å². The summed E-state index contributed by atoms with van der Waals surface area (Å²) < 4.78 is 0. The zero-order valence-electron chi connectivity index (χ0n) is 12.8. The Morgan fingerprint density at radius 3 is 2.68 bits per heavy atom. The van der Waals surface area contributed by atoms with Gasteiger partial charge in [0.15, 0.2) is 0 Å². The molecule has 3 saturated heterocycles. The van der Waals surface area contributed by atoms with Crippen LogP contribution in [0.2, 0.25) is 0 Å². The lowest BCUT2D eigenvalue weighted by atomic mass is 9.60. The van der Waals surface area contributed by atoms with Crippen LogP contribution in [0.5, 0.6) is 0 Å². The maximum atomic E-state index is 12.4. The average molecular weight is 306 g/mol.